The van der Waals surface area contributed by atoms with Gasteiger partial charge in [-0.05, 0) is 36.1 Å². The van der Waals surface area contributed by atoms with Crippen LogP contribution in [-0.4, -0.2) is 28.1 Å². The summed E-state index contributed by atoms with van der Waals surface area (Å²) in [5.41, 5.74) is 3.95. The summed E-state index contributed by atoms with van der Waals surface area (Å²) in [7, 11) is 0. The van der Waals surface area contributed by atoms with Gasteiger partial charge in [-0.1, -0.05) is 61.9 Å². The van der Waals surface area contributed by atoms with E-state index in [1.807, 2.05) is 30.3 Å². The summed E-state index contributed by atoms with van der Waals surface area (Å²) >= 11 is 0. The Labute approximate surface area is 219 Å². The van der Waals surface area contributed by atoms with Gasteiger partial charge in [0.2, 0.25) is 5.88 Å². The molecule has 5 nitrogen and oxygen atoms in total. The minimum Gasteiger partial charge on any atom is -0.514 e. The molecule has 180 valence electrons. The Balaban J connectivity index is 0.00000253. The fourth-order valence-electron chi connectivity index (χ4n) is 5.07. The van der Waals surface area contributed by atoms with Gasteiger partial charge in [0.05, 0.1) is 6.04 Å². The maximum atomic E-state index is 10.1. The van der Waals surface area contributed by atoms with Crippen LogP contribution >= 0.6 is 0 Å². The van der Waals surface area contributed by atoms with Gasteiger partial charge in [-0.15, -0.1) is 18.2 Å². The van der Waals surface area contributed by atoms with Crippen LogP contribution in [0.2, 0.25) is 0 Å². The van der Waals surface area contributed by atoms with Gasteiger partial charge in [0.25, 0.3) is 0 Å². The molecule has 0 fully saturated rings. The maximum Gasteiger partial charge on any atom is 0.217 e. The Morgan fingerprint density at radius 1 is 0.971 bits per heavy atom. The van der Waals surface area contributed by atoms with Crippen molar-refractivity contribution in [3.8, 4) is 17.4 Å². The summed E-state index contributed by atoms with van der Waals surface area (Å²) in [6.45, 7) is 4.52. The molecule has 3 aromatic carbocycles. The fraction of sp³-hybridized carbons (Fsp3) is 0.241. The number of pyridine rings is 1. The van der Waals surface area contributed by atoms with E-state index < -0.39 is 0 Å². The molecule has 2 aliphatic rings. The number of fused-ring (bicyclic) bond motifs is 3. The molecule has 0 spiro atoms. The molecule has 1 aliphatic heterocycles. The van der Waals surface area contributed by atoms with Gasteiger partial charge in [0.15, 0.2) is 0 Å². The van der Waals surface area contributed by atoms with Crippen LogP contribution in [0.15, 0.2) is 77.8 Å². The van der Waals surface area contributed by atoms with E-state index in [0.717, 1.165) is 23.8 Å². The van der Waals surface area contributed by atoms with E-state index in [1.165, 1.54) is 11.1 Å². The molecule has 1 N–H and O–H groups in total. The van der Waals surface area contributed by atoms with Crippen molar-refractivity contribution >= 4 is 16.8 Å². The van der Waals surface area contributed by atoms with Crippen LogP contribution in [0.1, 0.15) is 30.5 Å². The number of ether oxygens (including phenoxy) is 2. The fourth-order valence-corrected chi connectivity index (χ4v) is 5.07. The molecule has 6 rings (SSSR count). The minimum absolute atomic E-state index is 0. The first-order valence-corrected chi connectivity index (χ1v) is 11.6. The Morgan fingerprint density at radius 3 is 2.63 bits per heavy atom. The SMILES string of the molecule is CC1(C)Cc2ccccc2C[C@@H]2N=C(c3[c-]c(Oc4ccc5cccc(O)c5n4)ccc3)O[C@@H]21.[Pt]. The van der Waals surface area contributed by atoms with E-state index in [9.17, 15) is 5.11 Å². The summed E-state index contributed by atoms with van der Waals surface area (Å²) in [6.07, 6.45) is 1.83. The van der Waals surface area contributed by atoms with Crippen LogP contribution in [0.5, 0.6) is 17.4 Å². The average molecular weight is 645 g/mol. The third kappa shape index (κ3) is 4.46. The third-order valence-corrected chi connectivity index (χ3v) is 6.72. The summed E-state index contributed by atoms with van der Waals surface area (Å²) in [6, 6.07) is 26.6. The van der Waals surface area contributed by atoms with Gasteiger partial charge >= 0.3 is 0 Å². The topological polar surface area (TPSA) is 63.9 Å². The van der Waals surface area contributed by atoms with E-state index in [4.69, 9.17) is 14.5 Å². The summed E-state index contributed by atoms with van der Waals surface area (Å²) in [5.74, 6) is 1.64. The number of rotatable bonds is 3. The predicted octanol–water partition coefficient (Wildman–Crippen LogP) is 5.87. The standard InChI is InChI=1S/C29H25N2O3.Pt/c1-29(2)17-21-8-4-3-7-19(21)16-23-27(29)34-28(30-23)20-10-5-11-22(15-20)33-25-14-13-18-9-6-12-24(32)26(18)31-25;/h3-14,23,27,32H,16-17H2,1-2H3;/q-1;/t23-,27-;/m0./s1. The second kappa shape index (κ2) is 9.12. The number of aliphatic imine (C=N–C) groups is 1. The Hall–Kier alpha value is -3.17. The molecule has 0 saturated carbocycles. The third-order valence-electron chi connectivity index (χ3n) is 6.72. The van der Waals surface area contributed by atoms with Crippen molar-refractivity contribution in [2.75, 3.05) is 0 Å². The van der Waals surface area contributed by atoms with Crippen molar-refractivity contribution in [1.29, 1.82) is 0 Å². The van der Waals surface area contributed by atoms with Crippen LogP contribution in [0.4, 0.5) is 0 Å². The molecule has 4 aromatic rings. The molecule has 0 bridgehead atoms. The van der Waals surface area contributed by atoms with Crippen molar-refractivity contribution in [3.05, 3.63) is 95.6 Å². The quantitative estimate of drug-likeness (QED) is 0.284. The summed E-state index contributed by atoms with van der Waals surface area (Å²) < 4.78 is 12.5. The monoisotopic (exact) mass is 644 g/mol. The van der Waals surface area contributed by atoms with Crippen LogP contribution in [0.25, 0.3) is 10.9 Å². The Morgan fingerprint density at radius 2 is 1.77 bits per heavy atom. The number of aromatic nitrogens is 1. The molecule has 0 radical (unpaired) electrons. The van der Waals surface area contributed by atoms with Gasteiger partial charge in [-0.2, -0.15) is 0 Å². The molecule has 2 heterocycles. The first-order valence-electron chi connectivity index (χ1n) is 11.6. The smallest absolute Gasteiger partial charge is 0.217 e. The molecule has 0 unspecified atom stereocenters. The van der Waals surface area contributed by atoms with E-state index >= 15 is 0 Å². The van der Waals surface area contributed by atoms with Crippen molar-refractivity contribution in [1.82, 2.24) is 4.98 Å². The van der Waals surface area contributed by atoms with Gasteiger partial charge in [-0.3, -0.25) is 4.99 Å². The number of phenols is 1. The number of nitrogens with zero attached hydrogens (tertiary/aromatic N) is 2. The molecule has 35 heavy (non-hydrogen) atoms. The zero-order valence-corrected chi connectivity index (χ0v) is 21.7. The molecule has 0 saturated heterocycles. The predicted molar refractivity (Wildman–Crippen MR) is 132 cm³/mol. The maximum absolute atomic E-state index is 10.1. The van der Waals surface area contributed by atoms with E-state index in [1.54, 1.807) is 18.2 Å². The van der Waals surface area contributed by atoms with E-state index in [-0.39, 0.29) is 44.4 Å². The number of hydrogen-bond donors (Lipinski definition) is 1. The number of para-hydroxylation sites is 1. The van der Waals surface area contributed by atoms with Crippen molar-refractivity contribution < 1.29 is 35.6 Å². The van der Waals surface area contributed by atoms with Crippen LogP contribution < -0.4 is 4.74 Å². The first kappa shape index (κ1) is 23.6. The summed E-state index contributed by atoms with van der Waals surface area (Å²) in [4.78, 5) is 9.45. The van der Waals surface area contributed by atoms with Crippen molar-refractivity contribution in [2.24, 2.45) is 10.4 Å². The number of benzene rings is 3. The van der Waals surface area contributed by atoms with E-state index in [2.05, 4.69) is 49.2 Å². The normalized spacial score (nSPS) is 20.0. The molecular weight excluding hydrogens is 619 g/mol. The molecule has 1 aliphatic carbocycles. The van der Waals surface area contributed by atoms with Gasteiger partial charge in [0.1, 0.15) is 23.3 Å². The largest absolute Gasteiger partial charge is 0.514 e. The molecular formula is C29H25N2O3Pt-. The van der Waals surface area contributed by atoms with Crippen LogP contribution in [0.3, 0.4) is 0 Å². The number of phenolic OH excluding ortho intramolecular Hbond substituents is 1. The van der Waals surface area contributed by atoms with Gasteiger partial charge < -0.3 is 14.6 Å². The zero-order valence-electron chi connectivity index (χ0n) is 19.5. The Kier molecular flexibility index (Phi) is 6.14. The van der Waals surface area contributed by atoms with Crippen molar-refractivity contribution in [2.45, 2.75) is 38.8 Å². The second-order valence-corrected chi connectivity index (χ2v) is 9.71. The molecule has 6 heteroatoms. The first-order chi connectivity index (χ1) is 16.5. The number of aromatic hydroxyl groups is 1. The second-order valence-electron chi connectivity index (χ2n) is 9.71. The van der Waals surface area contributed by atoms with Gasteiger partial charge in [-0.25, -0.2) is 4.98 Å². The van der Waals surface area contributed by atoms with Crippen molar-refractivity contribution in [3.63, 3.8) is 0 Å². The average Bonchev–Trinajstić information content (AvgIpc) is 3.22. The molecule has 1 aromatic heterocycles. The molecule has 2 atom stereocenters. The Bertz CT molecular complexity index is 1430. The van der Waals surface area contributed by atoms with Crippen LogP contribution in [0, 0.1) is 11.5 Å². The number of hydrogen-bond acceptors (Lipinski definition) is 5. The zero-order chi connectivity index (χ0) is 23.3. The molecule has 0 amide bonds. The summed E-state index contributed by atoms with van der Waals surface area (Å²) in [5, 5.41) is 11.0. The van der Waals surface area contributed by atoms with E-state index in [0.29, 0.717) is 23.0 Å². The minimum atomic E-state index is -0.0480. The van der Waals surface area contributed by atoms with Crippen LogP contribution in [-0.2, 0) is 38.6 Å². The van der Waals surface area contributed by atoms with Gasteiger partial charge in [0, 0.05) is 43.7 Å².